The van der Waals surface area contributed by atoms with Crippen LogP contribution in [0.5, 0.6) is 0 Å². The zero-order chi connectivity index (χ0) is 7.61. The van der Waals surface area contributed by atoms with E-state index < -0.39 is 10.6 Å². The van der Waals surface area contributed by atoms with Gasteiger partial charge in [-0.05, 0) is 12.8 Å². The van der Waals surface area contributed by atoms with Crippen molar-refractivity contribution in [2.75, 3.05) is 6.61 Å². The zero-order valence-electron chi connectivity index (χ0n) is 5.52. The van der Waals surface area contributed by atoms with Crippen molar-refractivity contribution in [1.82, 2.24) is 0 Å². The molecule has 0 radical (unpaired) electrons. The summed E-state index contributed by atoms with van der Waals surface area (Å²) < 4.78 is 5.02. The molecule has 1 N–H and O–H groups in total. The van der Waals surface area contributed by atoms with E-state index in [1.807, 2.05) is 0 Å². The molecule has 1 aliphatic rings. The minimum absolute atomic E-state index is 0.532. The molecular weight excluding hydrogens is 175 g/mol. The first-order valence-corrected chi connectivity index (χ1v) is 4.17. The van der Waals surface area contributed by atoms with Crippen LogP contribution < -0.4 is 0 Å². The maximum absolute atomic E-state index is 9.46. The number of rotatable bonds is 1. The lowest BCUT2D eigenvalue weighted by Crippen LogP contribution is -2.41. The van der Waals surface area contributed by atoms with Crippen molar-refractivity contribution >= 4 is 23.2 Å². The molecule has 1 saturated heterocycles. The fourth-order valence-corrected chi connectivity index (χ4v) is 1.32. The second-order valence-corrected chi connectivity index (χ2v) is 3.55. The summed E-state index contributed by atoms with van der Waals surface area (Å²) in [5.41, 5.74) is 0. The van der Waals surface area contributed by atoms with Gasteiger partial charge in [0.2, 0.25) is 0 Å². The number of halogens is 2. The van der Waals surface area contributed by atoms with Crippen LogP contribution >= 0.6 is 23.2 Å². The number of hydrogen-bond acceptors (Lipinski definition) is 2. The van der Waals surface area contributed by atoms with Crippen molar-refractivity contribution in [3.63, 3.8) is 0 Å². The fourth-order valence-electron chi connectivity index (χ4n) is 0.974. The van der Waals surface area contributed by atoms with E-state index in [1.165, 1.54) is 0 Å². The number of aliphatic hydroxyl groups is 1. The van der Waals surface area contributed by atoms with Crippen LogP contribution in [-0.2, 0) is 4.74 Å². The van der Waals surface area contributed by atoms with Gasteiger partial charge in [-0.25, -0.2) is 0 Å². The second kappa shape index (κ2) is 3.26. The van der Waals surface area contributed by atoms with Gasteiger partial charge in [-0.1, -0.05) is 23.2 Å². The lowest BCUT2D eigenvalue weighted by molar-refractivity contribution is -0.214. The predicted molar refractivity (Wildman–Crippen MR) is 40.2 cm³/mol. The van der Waals surface area contributed by atoms with Crippen LogP contribution in [0.25, 0.3) is 0 Å². The Kier molecular flexibility index (Phi) is 2.81. The summed E-state index contributed by atoms with van der Waals surface area (Å²) >= 11 is 11.0. The van der Waals surface area contributed by atoms with E-state index >= 15 is 0 Å². The van der Waals surface area contributed by atoms with Crippen molar-refractivity contribution in [3.05, 3.63) is 0 Å². The van der Waals surface area contributed by atoms with Crippen molar-refractivity contribution in [1.29, 1.82) is 0 Å². The van der Waals surface area contributed by atoms with Gasteiger partial charge < -0.3 is 9.84 Å². The molecule has 1 unspecified atom stereocenters. The van der Waals surface area contributed by atoms with Gasteiger partial charge in [0.25, 0.3) is 0 Å². The Balaban J connectivity index is 2.48. The quantitative estimate of drug-likeness (QED) is 0.629. The van der Waals surface area contributed by atoms with Gasteiger partial charge in [-0.2, -0.15) is 0 Å². The highest BCUT2D eigenvalue weighted by Gasteiger charge is 2.36. The van der Waals surface area contributed by atoms with Crippen LogP contribution in [0, 0.1) is 0 Å². The Labute approximate surface area is 70.1 Å². The molecule has 0 aromatic carbocycles. The molecule has 10 heavy (non-hydrogen) atoms. The lowest BCUT2D eigenvalue weighted by atomic mass is 10.1. The van der Waals surface area contributed by atoms with Gasteiger partial charge in [0.05, 0.1) is 6.61 Å². The van der Waals surface area contributed by atoms with Crippen LogP contribution in [0.15, 0.2) is 0 Å². The first kappa shape index (κ1) is 8.60. The second-order valence-electron chi connectivity index (χ2n) is 2.45. The van der Waals surface area contributed by atoms with Crippen molar-refractivity contribution < 1.29 is 9.84 Å². The number of alkyl halides is 2. The van der Waals surface area contributed by atoms with Gasteiger partial charge >= 0.3 is 0 Å². The molecule has 0 aliphatic carbocycles. The minimum Gasteiger partial charge on any atom is -0.363 e. The summed E-state index contributed by atoms with van der Waals surface area (Å²) in [4.78, 5) is -0.840. The van der Waals surface area contributed by atoms with Crippen LogP contribution in [0.4, 0.5) is 0 Å². The Morgan fingerprint density at radius 2 is 2.10 bits per heavy atom. The Bertz CT molecular complexity index is 110. The third-order valence-corrected chi connectivity index (χ3v) is 2.30. The summed E-state index contributed by atoms with van der Waals surface area (Å²) in [5.74, 6) is -1.29. The Morgan fingerprint density at radius 3 is 2.40 bits per heavy atom. The molecule has 0 saturated carbocycles. The maximum Gasteiger partial charge on any atom is 0.196 e. The van der Waals surface area contributed by atoms with Crippen LogP contribution in [0.2, 0.25) is 0 Å². The van der Waals surface area contributed by atoms with Crippen LogP contribution in [0.3, 0.4) is 0 Å². The number of ether oxygens (including phenoxy) is 1. The van der Waals surface area contributed by atoms with E-state index in [0.29, 0.717) is 13.0 Å². The Morgan fingerprint density at radius 1 is 1.40 bits per heavy atom. The SMILES string of the molecule is OC1(C(Cl)Cl)CCCCO1. The molecule has 1 rings (SSSR count). The van der Waals surface area contributed by atoms with Gasteiger partial charge in [0, 0.05) is 6.42 Å². The Hall–Kier alpha value is 0.500. The molecule has 0 amide bonds. The molecule has 1 atom stereocenters. The fraction of sp³-hybridized carbons (Fsp3) is 1.00. The average Bonchev–Trinajstić information content (AvgIpc) is 1.89. The van der Waals surface area contributed by atoms with Gasteiger partial charge in [-0.15, -0.1) is 0 Å². The van der Waals surface area contributed by atoms with Gasteiger partial charge in [-0.3, -0.25) is 0 Å². The normalized spacial score (nSPS) is 34.8. The maximum atomic E-state index is 9.46. The number of hydrogen-bond donors (Lipinski definition) is 1. The smallest absolute Gasteiger partial charge is 0.196 e. The summed E-state index contributed by atoms with van der Waals surface area (Å²) in [6, 6.07) is 0. The summed E-state index contributed by atoms with van der Waals surface area (Å²) in [6.45, 7) is 0.548. The van der Waals surface area contributed by atoms with Gasteiger partial charge in [0.15, 0.2) is 10.6 Å². The van der Waals surface area contributed by atoms with Gasteiger partial charge in [0.1, 0.15) is 0 Å². The summed E-state index contributed by atoms with van der Waals surface area (Å²) in [6.07, 6.45) is 2.43. The molecule has 1 aliphatic heterocycles. The molecule has 0 spiro atoms. The lowest BCUT2D eigenvalue weighted by Gasteiger charge is -2.32. The third kappa shape index (κ3) is 1.76. The van der Waals surface area contributed by atoms with Crippen molar-refractivity contribution in [3.8, 4) is 0 Å². The largest absolute Gasteiger partial charge is 0.363 e. The molecule has 1 heterocycles. The summed E-state index contributed by atoms with van der Waals surface area (Å²) in [7, 11) is 0. The molecule has 0 aromatic heterocycles. The predicted octanol–water partition coefficient (Wildman–Crippen LogP) is 1.68. The monoisotopic (exact) mass is 184 g/mol. The highest BCUT2D eigenvalue weighted by atomic mass is 35.5. The highest BCUT2D eigenvalue weighted by Crippen LogP contribution is 2.30. The first-order chi connectivity index (χ1) is 4.65. The summed E-state index contributed by atoms with van der Waals surface area (Å²) in [5, 5.41) is 9.46. The minimum atomic E-state index is -1.29. The topological polar surface area (TPSA) is 29.5 Å². The van der Waals surface area contributed by atoms with E-state index in [9.17, 15) is 5.11 Å². The van der Waals surface area contributed by atoms with E-state index in [2.05, 4.69) is 0 Å². The molecule has 60 valence electrons. The van der Waals surface area contributed by atoms with Crippen LogP contribution in [-0.4, -0.2) is 22.3 Å². The molecule has 4 heteroatoms. The first-order valence-electron chi connectivity index (χ1n) is 3.30. The molecule has 1 fully saturated rings. The van der Waals surface area contributed by atoms with Crippen LogP contribution in [0.1, 0.15) is 19.3 Å². The third-order valence-electron chi connectivity index (χ3n) is 1.62. The van der Waals surface area contributed by atoms with E-state index in [4.69, 9.17) is 27.9 Å². The van der Waals surface area contributed by atoms with E-state index in [-0.39, 0.29) is 0 Å². The standard InChI is InChI=1S/C6H10Cl2O2/c7-5(8)6(9)3-1-2-4-10-6/h5,9H,1-4H2. The van der Waals surface area contributed by atoms with Crippen molar-refractivity contribution in [2.45, 2.75) is 29.9 Å². The highest BCUT2D eigenvalue weighted by molar-refractivity contribution is 6.45. The molecule has 0 bridgehead atoms. The molecule has 0 aromatic rings. The van der Waals surface area contributed by atoms with E-state index in [1.54, 1.807) is 0 Å². The zero-order valence-corrected chi connectivity index (χ0v) is 7.03. The average molecular weight is 185 g/mol. The molecule has 2 nitrogen and oxygen atoms in total. The van der Waals surface area contributed by atoms with E-state index in [0.717, 1.165) is 12.8 Å². The van der Waals surface area contributed by atoms with Crippen molar-refractivity contribution in [2.24, 2.45) is 0 Å². The molecular formula is C6H10Cl2O2.